The number of hydrogen-bond acceptors (Lipinski definition) is 4. The minimum Gasteiger partial charge on any atom is -0.368 e. The second-order valence-corrected chi connectivity index (χ2v) is 7.98. The van der Waals surface area contributed by atoms with E-state index in [1.54, 1.807) is 6.07 Å². The van der Waals surface area contributed by atoms with Crippen LogP contribution in [0.15, 0.2) is 39.9 Å². The van der Waals surface area contributed by atoms with Gasteiger partial charge in [-0.25, -0.2) is 4.79 Å². The molecular formula is C21H25F3N4O2. The molecule has 0 atom stereocenters. The molecule has 2 heterocycles. The zero-order chi connectivity index (χ0) is 21.3. The summed E-state index contributed by atoms with van der Waals surface area (Å²) in [5.74, 6) is 0.473. The van der Waals surface area contributed by atoms with Crippen LogP contribution in [0.4, 0.5) is 24.7 Å². The van der Waals surface area contributed by atoms with Crippen molar-refractivity contribution in [3.63, 3.8) is 0 Å². The highest BCUT2D eigenvalue weighted by Gasteiger charge is 2.31. The van der Waals surface area contributed by atoms with Gasteiger partial charge in [-0.05, 0) is 31.0 Å². The summed E-state index contributed by atoms with van der Waals surface area (Å²) in [5.41, 5.74) is -0.825. The van der Waals surface area contributed by atoms with Crippen LogP contribution in [0.25, 0.3) is 0 Å². The predicted octanol–water partition coefficient (Wildman–Crippen LogP) is 3.39. The van der Waals surface area contributed by atoms with Crippen LogP contribution in [-0.4, -0.2) is 35.7 Å². The second-order valence-electron chi connectivity index (χ2n) is 7.98. The molecule has 2 aliphatic rings. The number of alkyl halides is 3. The van der Waals surface area contributed by atoms with Gasteiger partial charge in [-0.2, -0.15) is 13.2 Å². The van der Waals surface area contributed by atoms with E-state index in [4.69, 9.17) is 0 Å². The molecule has 2 fully saturated rings. The molecule has 9 heteroatoms. The number of rotatable bonds is 3. The number of nitrogens with one attached hydrogen (secondary N) is 1. The first-order valence-electron chi connectivity index (χ1n) is 10.4. The SMILES string of the molecule is O=c1cc(N2CCN(c3cccc(C(F)(F)F)c3)CC2)[nH]c(=O)n1C1CCCCC1. The molecular weight excluding hydrogens is 397 g/mol. The molecule has 162 valence electrons. The Balaban J connectivity index is 1.47. The second kappa shape index (κ2) is 8.20. The summed E-state index contributed by atoms with van der Waals surface area (Å²) in [7, 11) is 0. The standard InChI is InChI=1S/C21H25F3N4O2/c22-21(23,24)15-5-4-8-17(13-15)26-9-11-27(12-10-26)18-14-19(29)28(20(30)25-18)16-6-2-1-3-7-16/h4-5,8,13-14,16H,1-3,6-7,9-12H2,(H,25,30). The summed E-state index contributed by atoms with van der Waals surface area (Å²) in [4.78, 5) is 31.8. The lowest BCUT2D eigenvalue weighted by molar-refractivity contribution is -0.137. The van der Waals surface area contributed by atoms with Gasteiger partial charge < -0.3 is 9.80 Å². The maximum absolute atomic E-state index is 13.0. The Morgan fingerprint density at radius 1 is 0.900 bits per heavy atom. The highest BCUT2D eigenvalue weighted by molar-refractivity contribution is 5.51. The summed E-state index contributed by atoms with van der Waals surface area (Å²) < 4.78 is 40.2. The number of aromatic amines is 1. The number of piperazine rings is 1. The van der Waals surface area contributed by atoms with E-state index in [1.165, 1.54) is 16.7 Å². The van der Waals surface area contributed by atoms with Crippen LogP contribution in [0.2, 0.25) is 0 Å². The third-order valence-corrected chi connectivity index (χ3v) is 6.05. The Morgan fingerprint density at radius 2 is 1.57 bits per heavy atom. The fourth-order valence-corrected chi connectivity index (χ4v) is 4.43. The van der Waals surface area contributed by atoms with Gasteiger partial charge in [0.1, 0.15) is 5.82 Å². The van der Waals surface area contributed by atoms with Crippen LogP contribution in [-0.2, 0) is 6.18 Å². The highest BCUT2D eigenvalue weighted by atomic mass is 19.4. The number of benzene rings is 1. The summed E-state index contributed by atoms with van der Waals surface area (Å²) in [6, 6.07) is 6.72. The van der Waals surface area contributed by atoms with E-state index >= 15 is 0 Å². The number of anilines is 2. The predicted molar refractivity (Wildman–Crippen MR) is 109 cm³/mol. The highest BCUT2D eigenvalue weighted by Crippen LogP contribution is 2.32. The Morgan fingerprint density at radius 3 is 2.20 bits per heavy atom. The summed E-state index contributed by atoms with van der Waals surface area (Å²) >= 11 is 0. The van der Waals surface area contributed by atoms with Gasteiger partial charge in [0.2, 0.25) is 0 Å². The van der Waals surface area contributed by atoms with E-state index in [0.29, 0.717) is 37.7 Å². The molecule has 30 heavy (non-hydrogen) atoms. The largest absolute Gasteiger partial charge is 0.416 e. The van der Waals surface area contributed by atoms with E-state index in [9.17, 15) is 22.8 Å². The number of aromatic nitrogens is 2. The zero-order valence-electron chi connectivity index (χ0n) is 16.6. The van der Waals surface area contributed by atoms with Crippen molar-refractivity contribution in [1.82, 2.24) is 9.55 Å². The fraction of sp³-hybridized carbons (Fsp3) is 0.524. The number of hydrogen-bond donors (Lipinski definition) is 1. The van der Waals surface area contributed by atoms with Crippen molar-refractivity contribution < 1.29 is 13.2 Å². The van der Waals surface area contributed by atoms with Crippen molar-refractivity contribution in [2.75, 3.05) is 36.0 Å². The molecule has 1 aliphatic heterocycles. The van der Waals surface area contributed by atoms with E-state index in [1.807, 2.05) is 9.80 Å². The van der Waals surface area contributed by atoms with Gasteiger partial charge in [-0.3, -0.25) is 14.3 Å². The van der Waals surface area contributed by atoms with Crippen molar-refractivity contribution in [2.45, 2.75) is 44.3 Å². The monoisotopic (exact) mass is 422 g/mol. The van der Waals surface area contributed by atoms with E-state index < -0.39 is 11.7 Å². The number of halogens is 3. The molecule has 1 N–H and O–H groups in total. The van der Waals surface area contributed by atoms with E-state index in [0.717, 1.165) is 44.2 Å². The van der Waals surface area contributed by atoms with Crippen molar-refractivity contribution in [3.8, 4) is 0 Å². The summed E-state index contributed by atoms with van der Waals surface area (Å²) in [5, 5.41) is 0. The average Bonchev–Trinajstić information content (AvgIpc) is 2.74. The molecule has 1 aromatic heterocycles. The van der Waals surface area contributed by atoms with Crippen LogP contribution in [0.5, 0.6) is 0 Å². The molecule has 0 unspecified atom stereocenters. The lowest BCUT2D eigenvalue weighted by atomic mass is 9.95. The molecule has 1 saturated carbocycles. The van der Waals surface area contributed by atoms with Gasteiger partial charge in [-0.15, -0.1) is 0 Å². The molecule has 0 spiro atoms. The Labute approximate surface area is 171 Å². The molecule has 1 aromatic carbocycles. The molecule has 6 nitrogen and oxygen atoms in total. The quantitative estimate of drug-likeness (QED) is 0.824. The first-order valence-corrected chi connectivity index (χ1v) is 10.4. The van der Waals surface area contributed by atoms with Crippen LogP contribution in [0.1, 0.15) is 43.7 Å². The molecule has 0 radical (unpaired) electrons. The number of nitrogens with zero attached hydrogens (tertiary/aromatic N) is 3. The first-order chi connectivity index (χ1) is 14.3. The van der Waals surface area contributed by atoms with Gasteiger partial charge in [-0.1, -0.05) is 25.3 Å². The lowest BCUT2D eigenvalue weighted by Gasteiger charge is -2.37. The normalized spacial score (nSPS) is 18.6. The van der Waals surface area contributed by atoms with Gasteiger partial charge in [0.15, 0.2) is 0 Å². The van der Waals surface area contributed by atoms with Gasteiger partial charge >= 0.3 is 11.9 Å². The topological polar surface area (TPSA) is 61.3 Å². The van der Waals surface area contributed by atoms with Gasteiger partial charge in [0.25, 0.3) is 5.56 Å². The summed E-state index contributed by atoms with van der Waals surface area (Å²) in [6.45, 7) is 1.99. The van der Waals surface area contributed by atoms with Gasteiger partial charge in [0.05, 0.1) is 5.56 Å². The molecule has 1 saturated heterocycles. The minimum atomic E-state index is -4.38. The zero-order valence-corrected chi connectivity index (χ0v) is 16.6. The van der Waals surface area contributed by atoms with Crippen LogP contribution < -0.4 is 21.0 Å². The third kappa shape index (κ3) is 4.24. The minimum absolute atomic E-state index is 0.0400. The Bertz CT molecular complexity index is 969. The van der Waals surface area contributed by atoms with Crippen molar-refractivity contribution in [3.05, 3.63) is 56.7 Å². The molecule has 0 amide bonds. The smallest absolute Gasteiger partial charge is 0.368 e. The van der Waals surface area contributed by atoms with Crippen LogP contribution in [0.3, 0.4) is 0 Å². The fourth-order valence-electron chi connectivity index (χ4n) is 4.43. The van der Waals surface area contributed by atoms with Crippen molar-refractivity contribution in [2.24, 2.45) is 0 Å². The Kier molecular flexibility index (Phi) is 5.62. The molecule has 1 aliphatic carbocycles. The molecule has 4 rings (SSSR count). The van der Waals surface area contributed by atoms with Crippen molar-refractivity contribution >= 4 is 11.5 Å². The summed E-state index contributed by atoms with van der Waals surface area (Å²) in [6.07, 6.45) is 0.499. The van der Waals surface area contributed by atoms with Crippen LogP contribution >= 0.6 is 0 Å². The van der Waals surface area contributed by atoms with E-state index in [-0.39, 0.29) is 17.3 Å². The third-order valence-electron chi connectivity index (χ3n) is 6.05. The molecule has 2 aromatic rings. The molecule has 0 bridgehead atoms. The Hall–Kier alpha value is -2.71. The van der Waals surface area contributed by atoms with Crippen LogP contribution in [0, 0.1) is 0 Å². The van der Waals surface area contributed by atoms with Crippen molar-refractivity contribution in [1.29, 1.82) is 0 Å². The van der Waals surface area contributed by atoms with E-state index in [2.05, 4.69) is 4.98 Å². The maximum Gasteiger partial charge on any atom is 0.416 e. The first kappa shape index (κ1) is 20.6. The maximum atomic E-state index is 13.0. The van der Waals surface area contributed by atoms with Gasteiger partial charge in [0, 0.05) is 44.0 Å². The average molecular weight is 422 g/mol. The lowest BCUT2D eigenvalue weighted by Crippen LogP contribution is -2.48. The number of H-pyrrole nitrogens is 1.